The maximum Gasteiger partial charge on any atom is 0.0295 e. The second kappa shape index (κ2) is 5.69. The third-order valence-corrected chi connectivity index (χ3v) is 2.78. The van der Waals surface area contributed by atoms with Gasteiger partial charge in [0.2, 0.25) is 0 Å². The van der Waals surface area contributed by atoms with E-state index >= 15 is 0 Å². The lowest BCUT2D eigenvalue weighted by Gasteiger charge is -2.13. The predicted molar refractivity (Wildman–Crippen MR) is 68.6 cm³/mol. The Balaban J connectivity index is 2.56. The minimum Gasteiger partial charge on any atom is -0.306 e. The molecule has 1 aromatic rings. The van der Waals surface area contributed by atoms with Crippen LogP contribution in [0, 0.1) is 0 Å². The van der Waals surface area contributed by atoms with E-state index in [0.29, 0.717) is 6.04 Å². The van der Waals surface area contributed by atoms with E-state index in [0.717, 1.165) is 15.5 Å². The maximum atomic E-state index is 3.78. The summed E-state index contributed by atoms with van der Waals surface area (Å²) in [4.78, 5) is 0. The topological polar surface area (TPSA) is 12.0 Å². The molecule has 0 aliphatic carbocycles. The third-order valence-electron chi connectivity index (χ3n) is 1.97. The molecule has 0 unspecified atom stereocenters. The van der Waals surface area contributed by atoms with Gasteiger partial charge in [-0.15, -0.1) is 0 Å². The average Bonchev–Trinajstić information content (AvgIpc) is 2.15. The number of benzene rings is 1. The van der Waals surface area contributed by atoms with Crippen molar-refractivity contribution >= 4 is 31.9 Å². The Morgan fingerprint density at radius 3 is 2.50 bits per heavy atom. The third kappa shape index (κ3) is 3.95. The van der Waals surface area contributed by atoms with Crippen molar-refractivity contribution in [3.05, 3.63) is 45.4 Å². The van der Waals surface area contributed by atoms with Crippen molar-refractivity contribution in [2.45, 2.75) is 13.0 Å². The van der Waals surface area contributed by atoms with E-state index < -0.39 is 0 Å². The summed E-state index contributed by atoms with van der Waals surface area (Å²) in [6.45, 7) is 6.71. The molecule has 3 heteroatoms. The zero-order valence-electron chi connectivity index (χ0n) is 8.06. The highest BCUT2D eigenvalue weighted by Gasteiger charge is 2.03. The van der Waals surface area contributed by atoms with Gasteiger partial charge in [-0.05, 0) is 24.6 Å². The van der Waals surface area contributed by atoms with Crippen LogP contribution in [-0.4, -0.2) is 6.54 Å². The molecule has 0 spiro atoms. The Kier molecular flexibility index (Phi) is 4.85. The van der Waals surface area contributed by atoms with Crippen LogP contribution in [0.15, 0.2) is 39.8 Å². The van der Waals surface area contributed by atoms with Crippen LogP contribution in [0.25, 0.3) is 0 Å². The number of hydrogen-bond acceptors (Lipinski definition) is 1. The first kappa shape index (κ1) is 12.0. The van der Waals surface area contributed by atoms with Gasteiger partial charge in [-0.3, -0.25) is 0 Å². The molecule has 0 aliphatic heterocycles. The molecule has 0 aromatic heterocycles. The van der Waals surface area contributed by atoms with E-state index in [-0.39, 0.29) is 0 Å². The molecule has 1 N–H and O–H groups in total. The number of hydrogen-bond donors (Lipinski definition) is 1. The van der Waals surface area contributed by atoms with Crippen LogP contribution in [-0.2, 0) is 0 Å². The van der Waals surface area contributed by atoms with E-state index in [2.05, 4.69) is 74.9 Å². The van der Waals surface area contributed by atoms with Crippen LogP contribution in [0.3, 0.4) is 0 Å². The molecule has 0 heterocycles. The van der Waals surface area contributed by atoms with E-state index in [1.165, 1.54) is 5.56 Å². The highest BCUT2D eigenvalue weighted by molar-refractivity contribution is 9.11. The molecular formula is C11H13Br2N. The first-order valence-corrected chi connectivity index (χ1v) is 6.00. The standard InChI is InChI=1S/C11H13Br2N/c1-8(12)7-14-9(2)10-3-5-11(13)6-4-10/h3-6,9,14H,1,7H2,2H3/t9-/m0/s1. The van der Waals surface area contributed by atoms with Gasteiger partial charge in [0.1, 0.15) is 0 Å². The van der Waals surface area contributed by atoms with E-state index in [4.69, 9.17) is 0 Å². The molecular weight excluding hydrogens is 306 g/mol. The Hall–Kier alpha value is -0.120. The summed E-state index contributed by atoms with van der Waals surface area (Å²) in [5.74, 6) is 0. The number of nitrogens with one attached hydrogen (secondary N) is 1. The summed E-state index contributed by atoms with van der Waals surface area (Å²) in [6.07, 6.45) is 0. The summed E-state index contributed by atoms with van der Waals surface area (Å²) >= 11 is 6.74. The van der Waals surface area contributed by atoms with Crippen LogP contribution in [0.5, 0.6) is 0 Å². The van der Waals surface area contributed by atoms with Crippen molar-refractivity contribution in [1.82, 2.24) is 5.32 Å². The minimum absolute atomic E-state index is 0.345. The summed E-state index contributed by atoms with van der Waals surface area (Å²) in [7, 11) is 0. The van der Waals surface area contributed by atoms with Crippen LogP contribution in [0.1, 0.15) is 18.5 Å². The van der Waals surface area contributed by atoms with Gasteiger partial charge in [0, 0.05) is 21.5 Å². The Labute approximate surface area is 102 Å². The zero-order chi connectivity index (χ0) is 10.6. The van der Waals surface area contributed by atoms with Crippen LogP contribution in [0.2, 0.25) is 0 Å². The molecule has 0 saturated heterocycles. The normalized spacial score (nSPS) is 12.5. The highest BCUT2D eigenvalue weighted by atomic mass is 79.9. The lowest BCUT2D eigenvalue weighted by atomic mass is 10.1. The fourth-order valence-corrected chi connectivity index (χ4v) is 1.56. The quantitative estimate of drug-likeness (QED) is 0.884. The first-order chi connectivity index (χ1) is 6.59. The Bertz CT molecular complexity index is 306. The Morgan fingerprint density at radius 2 is 2.00 bits per heavy atom. The first-order valence-electron chi connectivity index (χ1n) is 4.41. The fourth-order valence-electron chi connectivity index (χ4n) is 1.13. The molecule has 0 amide bonds. The molecule has 0 fully saturated rings. The molecule has 76 valence electrons. The smallest absolute Gasteiger partial charge is 0.0295 e. The van der Waals surface area contributed by atoms with E-state index in [1.54, 1.807) is 0 Å². The van der Waals surface area contributed by atoms with Gasteiger partial charge in [-0.1, -0.05) is 50.6 Å². The monoisotopic (exact) mass is 317 g/mol. The van der Waals surface area contributed by atoms with Crippen molar-refractivity contribution in [3.63, 3.8) is 0 Å². The molecule has 0 radical (unpaired) electrons. The van der Waals surface area contributed by atoms with Crippen molar-refractivity contribution in [1.29, 1.82) is 0 Å². The summed E-state index contributed by atoms with van der Waals surface area (Å²) in [5, 5.41) is 3.36. The van der Waals surface area contributed by atoms with Crippen LogP contribution in [0.4, 0.5) is 0 Å². The van der Waals surface area contributed by atoms with Crippen LogP contribution < -0.4 is 5.32 Å². The summed E-state index contributed by atoms with van der Waals surface area (Å²) < 4.78 is 2.08. The van der Waals surface area contributed by atoms with Gasteiger partial charge in [0.25, 0.3) is 0 Å². The zero-order valence-corrected chi connectivity index (χ0v) is 11.2. The lowest BCUT2D eigenvalue weighted by molar-refractivity contribution is 0.616. The van der Waals surface area contributed by atoms with Gasteiger partial charge < -0.3 is 5.32 Å². The molecule has 0 bridgehead atoms. The van der Waals surface area contributed by atoms with Gasteiger partial charge in [0.15, 0.2) is 0 Å². The maximum absolute atomic E-state index is 3.78. The van der Waals surface area contributed by atoms with E-state index in [9.17, 15) is 0 Å². The minimum atomic E-state index is 0.345. The number of halogens is 2. The molecule has 0 saturated carbocycles. The predicted octanol–water partition coefficient (Wildman–Crippen LogP) is 4.01. The van der Waals surface area contributed by atoms with Gasteiger partial charge in [0.05, 0.1) is 0 Å². The second-order valence-corrected chi connectivity index (χ2v) is 5.21. The molecule has 1 atom stereocenters. The van der Waals surface area contributed by atoms with Crippen molar-refractivity contribution in [2.24, 2.45) is 0 Å². The van der Waals surface area contributed by atoms with E-state index in [1.807, 2.05) is 0 Å². The summed E-state index contributed by atoms with van der Waals surface area (Å²) in [6, 6.07) is 8.67. The van der Waals surface area contributed by atoms with Crippen molar-refractivity contribution in [2.75, 3.05) is 6.54 Å². The fraction of sp³-hybridized carbons (Fsp3) is 0.273. The van der Waals surface area contributed by atoms with Gasteiger partial charge >= 0.3 is 0 Å². The van der Waals surface area contributed by atoms with Crippen molar-refractivity contribution < 1.29 is 0 Å². The average molecular weight is 319 g/mol. The highest BCUT2D eigenvalue weighted by Crippen LogP contribution is 2.16. The lowest BCUT2D eigenvalue weighted by Crippen LogP contribution is -2.19. The largest absolute Gasteiger partial charge is 0.306 e. The van der Waals surface area contributed by atoms with Crippen molar-refractivity contribution in [3.8, 4) is 0 Å². The molecule has 1 nitrogen and oxygen atoms in total. The van der Waals surface area contributed by atoms with Gasteiger partial charge in [-0.25, -0.2) is 0 Å². The number of rotatable bonds is 4. The Morgan fingerprint density at radius 1 is 1.43 bits per heavy atom. The molecule has 0 aliphatic rings. The molecule has 14 heavy (non-hydrogen) atoms. The SMILES string of the molecule is C=C(Br)CN[C@@H](C)c1ccc(Br)cc1. The molecule has 1 rings (SSSR count). The summed E-state index contributed by atoms with van der Waals surface area (Å²) in [5.41, 5.74) is 1.28. The molecule has 1 aromatic carbocycles. The van der Waals surface area contributed by atoms with Gasteiger partial charge in [-0.2, -0.15) is 0 Å². The second-order valence-electron chi connectivity index (χ2n) is 3.17. The van der Waals surface area contributed by atoms with Crippen LogP contribution >= 0.6 is 31.9 Å².